The summed E-state index contributed by atoms with van der Waals surface area (Å²) in [6, 6.07) is 7.66. The first kappa shape index (κ1) is 14.8. The summed E-state index contributed by atoms with van der Waals surface area (Å²) in [6.07, 6.45) is -4.72. The molecule has 0 aromatic heterocycles. The first-order valence-corrected chi connectivity index (χ1v) is 5.80. The number of anilines is 2. The number of hydrogen-bond donors (Lipinski definition) is 2. The van der Waals surface area contributed by atoms with Crippen molar-refractivity contribution in [3.05, 3.63) is 59.4 Å². The zero-order chi connectivity index (χ0) is 15.6. The van der Waals surface area contributed by atoms with Gasteiger partial charge in [0.15, 0.2) is 0 Å². The molecule has 0 fully saturated rings. The van der Waals surface area contributed by atoms with Crippen LogP contribution in [0.1, 0.15) is 15.9 Å². The maximum absolute atomic E-state index is 13.2. The van der Waals surface area contributed by atoms with Crippen LogP contribution in [0.4, 0.5) is 28.9 Å². The van der Waals surface area contributed by atoms with Crippen molar-refractivity contribution in [2.24, 2.45) is 0 Å². The fourth-order valence-electron chi connectivity index (χ4n) is 1.65. The highest BCUT2D eigenvalue weighted by Crippen LogP contribution is 2.30. The van der Waals surface area contributed by atoms with Gasteiger partial charge in [0.25, 0.3) is 5.91 Å². The van der Waals surface area contributed by atoms with Gasteiger partial charge in [0.2, 0.25) is 0 Å². The minimum Gasteiger partial charge on any atom is -0.399 e. The van der Waals surface area contributed by atoms with Gasteiger partial charge in [0.05, 0.1) is 5.56 Å². The second-order valence-electron chi connectivity index (χ2n) is 4.30. The van der Waals surface area contributed by atoms with E-state index in [-0.39, 0.29) is 0 Å². The minimum absolute atomic E-state index is 0.333. The standard InChI is InChI=1S/C14H10F4N2O/c15-10-6-8(5-9(7-10)14(16,17)18)13(21)20-12-3-1-11(19)2-4-12/h1-7H,19H2,(H,20,21). The topological polar surface area (TPSA) is 55.1 Å². The normalized spacial score (nSPS) is 11.2. The molecule has 2 aromatic rings. The van der Waals surface area contributed by atoms with Gasteiger partial charge in [-0.2, -0.15) is 13.2 Å². The van der Waals surface area contributed by atoms with Gasteiger partial charge < -0.3 is 11.1 Å². The third-order valence-electron chi connectivity index (χ3n) is 2.66. The predicted octanol–water partition coefficient (Wildman–Crippen LogP) is 3.68. The van der Waals surface area contributed by atoms with E-state index in [1.807, 2.05) is 0 Å². The van der Waals surface area contributed by atoms with Crippen LogP contribution in [0.25, 0.3) is 0 Å². The Bertz CT molecular complexity index is 666. The quantitative estimate of drug-likeness (QED) is 0.656. The van der Waals surface area contributed by atoms with E-state index in [1.165, 1.54) is 24.3 Å². The molecule has 21 heavy (non-hydrogen) atoms. The van der Waals surface area contributed by atoms with Gasteiger partial charge in [0.1, 0.15) is 5.82 Å². The molecule has 7 heteroatoms. The lowest BCUT2D eigenvalue weighted by Gasteiger charge is -2.10. The fraction of sp³-hybridized carbons (Fsp3) is 0.0714. The molecule has 0 aliphatic carbocycles. The summed E-state index contributed by atoms with van der Waals surface area (Å²) in [5.41, 5.74) is 4.64. The van der Waals surface area contributed by atoms with Crippen molar-refractivity contribution in [1.29, 1.82) is 0 Å². The van der Waals surface area contributed by atoms with Gasteiger partial charge in [0, 0.05) is 16.9 Å². The molecule has 0 bridgehead atoms. The molecule has 0 unspecified atom stereocenters. The van der Waals surface area contributed by atoms with E-state index >= 15 is 0 Å². The largest absolute Gasteiger partial charge is 0.416 e. The number of carbonyl (C=O) groups is 1. The maximum Gasteiger partial charge on any atom is 0.416 e. The Morgan fingerprint density at radius 2 is 1.67 bits per heavy atom. The van der Waals surface area contributed by atoms with Gasteiger partial charge in [-0.25, -0.2) is 4.39 Å². The fourth-order valence-corrected chi connectivity index (χ4v) is 1.65. The number of nitrogens with one attached hydrogen (secondary N) is 1. The molecule has 0 spiro atoms. The summed E-state index contributed by atoms with van der Waals surface area (Å²) in [6.45, 7) is 0. The number of carbonyl (C=O) groups excluding carboxylic acids is 1. The third kappa shape index (κ3) is 3.71. The molecule has 0 aliphatic heterocycles. The lowest BCUT2D eigenvalue weighted by Crippen LogP contribution is -2.14. The molecule has 0 saturated heterocycles. The lowest BCUT2D eigenvalue weighted by atomic mass is 10.1. The van der Waals surface area contributed by atoms with Crippen LogP contribution in [0.3, 0.4) is 0 Å². The molecule has 0 heterocycles. The highest BCUT2D eigenvalue weighted by Gasteiger charge is 2.32. The molecule has 2 aromatic carbocycles. The van der Waals surface area contributed by atoms with Gasteiger partial charge >= 0.3 is 6.18 Å². The van der Waals surface area contributed by atoms with E-state index in [0.717, 1.165) is 6.07 Å². The second-order valence-corrected chi connectivity index (χ2v) is 4.30. The van der Waals surface area contributed by atoms with Gasteiger partial charge in [-0.1, -0.05) is 0 Å². The maximum atomic E-state index is 13.2. The second kappa shape index (κ2) is 5.43. The van der Waals surface area contributed by atoms with Crippen molar-refractivity contribution in [2.45, 2.75) is 6.18 Å². The van der Waals surface area contributed by atoms with Crippen molar-refractivity contribution < 1.29 is 22.4 Å². The van der Waals surface area contributed by atoms with Crippen LogP contribution in [0, 0.1) is 5.82 Å². The van der Waals surface area contributed by atoms with E-state index in [4.69, 9.17) is 5.73 Å². The number of nitrogen functional groups attached to an aromatic ring is 1. The zero-order valence-corrected chi connectivity index (χ0v) is 10.5. The first-order valence-electron chi connectivity index (χ1n) is 5.80. The van der Waals surface area contributed by atoms with Crippen LogP contribution in [0.15, 0.2) is 42.5 Å². The van der Waals surface area contributed by atoms with E-state index in [2.05, 4.69) is 5.32 Å². The molecule has 1 amide bonds. The molecular weight excluding hydrogens is 288 g/mol. The Kier molecular flexibility index (Phi) is 3.84. The van der Waals surface area contributed by atoms with E-state index < -0.39 is 29.0 Å². The number of amides is 1. The molecule has 0 aliphatic rings. The molecule has 0 saturated carbocycles. The van der Waals surface area contributed by atoms with E-state index in [1.54, 1.807) is 0 Å². The zero-order valence-electron chi connectivity index (χ0n) is 10.5. The summed E-state index contributed by atoms with van der Waals surface area (Å²) >= 11 is 0. The van der Waals surface area contributed by atoms with Crippen LogP contribution in [-0.2, 0) is 6.18 Å². The average Bonchev–Trinajstić information content (AvgIpc) is 2.39. The van der Waals surface area contributed by atoms with Crippen molar-refractivity contribution in [3.8, 4) is 0 Å². The number of nitrogens with two attached hydrogens (primary N) is 1. The Morgan fingerprint density at radius 1 is 1.05 bits per heavy atom. The molecule has 3 nitrogen and oxygen atoms in total. The number of rotatable bonds is 2. The Morgan fingerprint density at radius 3 is 2.24 bits per heavy atom. The summed E-state index contributed by atoms with van der Waals surface area (Å²) < 4.78 is 50.9. The minimum atomic E-state index is -4.72. The summed E-state index contributed by atoms with van der Waals surface area (Å²) in [4.78, 5) is 11.9. The van der Waals surface area contributed by atoms with Crippen molar-refractivity contribution in [1.82, 2.24) is 0 Å². The number of hydrogen-bond acceptors (Lipinski definition) is 2. The van der Waals surface area contributed by atoms with Crippen molar-refractivity contribution >= 4 is 17.3 Å². The van der Waals surface area contributed by atoms with E-state index in [0.29, 0.717) is 23.5 Å². The monoisotopic (exact) mass is 298 g/mol. The van der Waals surface area contributed by atoms with Crippen LogP contribution < -0.4 is 11.1 Å². The first-order chi connectivity index (χ1) is 9.75. The van der Waals surface area contributed by atoms with Crippen LogP contribution in [0.5, 0.6) is 0 Å². The van der Waals surface area contributed by atoms with Gasteiger partial charge in [-0.05, 0) is 42.5 Å². The van der Waals surface area contributed by atoms with Crippen LogP contribution >= 0.6 is 0 Å². The summed E-state index contributed by atoms with van der Waals surface area (Å²) in [7, 11) is 0. The molecule has 2 rings (SSSR count). The summed E-state index contributed by atoms with van der Waals surface area (Å²) in [5.74, 6) is -1.97. The highest BCUT2D eigenvalue weighted by molar-refractivity contribution is 6.04. The van der Waals surface area contributed by atoms with Crippen molar-refractivity contribution in [3.63, 3.8) is 0 Å². The van der Waals surface area contributed by atoms with Gasteiger partial charge in [-0.15, -0.1) is 0 Å². The van der Waals surface area contributed by atoms with Crippen molar-refractivity contribution in [2.75, 3.05) is 11.1 Å². The molecule has 0 atom stereocenters. The Balaban J connectivity index is 2.27. The summed E-state index contributed by atoms with van der Waals surface area (Å²) in [5, 5.41) is 2.36. The lowest BCUT2D eigenvalue weighted by molar-refractivity contribution is -0.137. The number of benzene rings is 2. The smallest absolute Gasteiger partial charge is 0.399 e. The van der Waals surface area contributed by atoms with Gasteiger partial charge in [-0.3, -0.25) is 4.79 Å². The third-order valence-corrected chi connectivity index (χ3v) is 2.66. The number of halogens is 4. The molecule has 0 radical (unpaired) electrons. The predicted molar refractivity (Wildman–Crippen MR) is 70.2 cm³/mol. The average molecular weight is 298 g/mol. The van der Waals surface area contributed by atoms with E-state index in [9.17, 15) is 22.4 Å². The molecule has 3 N–H and O–H groups in total. The van der Waals surface area contributed by atoms with Crippen LogP contribution in [-0.4, -0.2) is 5.91 Å². The SMILES string of the molecule is Nc1ccc(NC(=O)c2cc(F)cc(C(F)(F)F)c2)cc1. The number of alkyl halides is 3. The highest BCUT2D eigenvalue weighted by atomic mass is 19.4. The van der Waals surface area contributed by atoms with Crippen LogP contribution in [0.2, 0.25) is 0 Å². The Hall–Kier alpha value is -2.57. The Labute approximate surface area is 117 Å². The molecule has 110 valence electrons. The molecular formula is C14H10F4N2O.